The average molecular weight is 210 g/mol. The summed E-state index contributed by atoms with van der Waals surface area (Å²) in [5, 5.41) is 0. The molecule has 0 saturated carbocycles. The van der Waals surface area contributed by atoms with Gasteiger partial charge in [0.2, 0.25) is 0 Å². The van der Waals surface area contributed by atoms with Gasteiger partial charge in [0.15, 0.2) is 0 Å². The lowest BCUT2D eigenvalue weighted by atomic mass is 10.1. The van der Waals surface area contributed by atoms with Crippen molar-refractivity contribution >= 4 is 0 Å². The zero-order valence-corrected chi connectivity index (χ0v) is 10.4. The average Bonchev–Trinajstić information content (AvgIpc) is 2.49. The van der Waals surface area contributed by atoms with Crippen LogP contribution in [0.3, 0.4) is 0 Å². The maximum atomic E-state index is 2.73. The standard InChI is InChI=1S/C13H26N2/c1-3-5-6-9-14-10-12-7-8-13(11-14)15(12)4-2/h12-13H,3-11H2,1-2H3. The minimum absolute atomic E-state index is 0.885. The topological polar surface area (TPSA) is 6.48 Å². The van der Waals surface area contributed by atoms with E-state index in [1.165, 1.54) is 58.3 Å². The Balaban J connectivity index is 1.78. The summed E-state index contributed by atoms with van der Waals surface area (Å²) in [5.74, 6) is 0. The fourth-order valence-electron chi connectivity index (χ4n) is 3.36. The molecule has 0 aromatic heterocycles. The highest BCUT2D eigenvalue weighted by molar-refractivity contribution is 4.95. The second-order valence-electron chi connectivity index (χ2n) is 5.18. The van der Waals surface area contributed by atoms with Gasteiger partial charge in [-0.05, 0) is 32.4 Å². The molecule has 2 aliphatic heterocycles. The Labute approximate surface area is 94.6 Å². The molecule has 0 amide bonds. The van der Waals surface area contributed by atoms with E-state index in [0.717, 1.165) is 12.1 Å². The number of nitrogens with zero attached hydrogens (tertiary/aromatic N) is 2. The van der Waals surface area contributed by atoms with Crippen LogP contribution in [-0.4, -0.2) is 48.1 Å². The summed E-state index contributed by atoms with van der Waals surface area (Å²) < 4.78 is 0. The van der Waals surface area contributed by atoms with Crippen molar-refractivity contribution < 1.29 is 0 Å². The number of likely N-dealkylation sites (N-methyl/N-ethyl adjacent to an activating group) is 1. The van der Waals surface area contributed by atoms with Crippen molar-refractivity contribution in [2.75, 3.05) is 26.2 Å². The minimum Gasteiger partial charge on any atom is -0.300 e. The zero-order valence-electron chi connectivity index (χ0n) is 10.4. The van der Waals surface area contributed by atoms with Crippen LogP contribution in [0, 0.1) is 0 Å². The van der Waals surface area contributed by atoms with Crippen molar-refractivity contribution in [2.24, 2.45) is 0 Å². The third kappa shape index (κ3) is 2.54. The van der Waals surface area contributed by atoms with Gasteiger partial charge < -0.3 is 4.90 Å². The van der Waals surface area contributed by atoms with E-state index in [1.54, 1.807) is 0 Å². The van der Waals surface area contributed by atoms with Crippen molar-refractivity contribution in [1.29, 1.82) is 0 Å². The molecule has 2 heterocycles. The first-order valence-corrected chi connectivity index (χ1v) is 6.83. The van der Waals surface area contributed by atoms with Gasteiger partial charge in [0.1, 0.15) is 0 Å². The van der Waals surface area contributed by atoms with Gasteiger partial charge in [-0.1, -0.05) is 26.7 Å². The van der Waals surface area contributed by atoms with Crippen molar-refractivity contribution in [3.05, 3.63) is 0 Å². The second-order valence-corrected chi connectivity index (χ2v) is 5.18. The molecule has 0 N–H and O–H groups in total. The molecule has 2 unspecified atom stereocenters. The van der Waals surface area contributed by atoms with Crippen molar-refractivity contribution in [2.45, 2.75) is 58.0 Å². The van der Waals surface area contributed by atoms with Crippen molar-refractivity contribution in [1.82, 2.24) is 9.80 Å². The molecule has 2 nitrogen and oxygen atoms in total. The van der Waals surface area contributed by atoms with Gasteiger partial charge in [-0.15, -0.1) is 0 Å². The number of likely N-dealkylation sites (tertiary alicyclic amines) is 1. The number of piperazine rings is 1. The van der Waals surface area contributed by atoms with Crippen LogP contribution in [0.15, 0.2) is 0 Å². The fourth-order valence-corrected chi connectivity index (χ4v) is 3.36. The first kappa shape index (κ1) is 11.4. The first-order chi connectivity index (χ1) is 7.35. The van der Waals surface area contributed by atoms with Gasteiger partial charge in [-0.2, -0.15) is 0 Å². The molecule has 0 aromatic rings. The summed E-state index contributed by atoms with van der Waals surface area (Å²) in [6, 6.07) is 1.77. The monoisotopic (exact) mass is 210 g/mol. The molecular formula is C13H26N2. The molecular weight excluding hydrogens is 184 g/mol. The Kier molecular flexibility index (Phi) is 4.04. The van der Waals surface area contributed by atoms with E-state index < -0.39 is 0 Å². The molecule has 2 fully saturated rings. The van der Waals surface area contributed by atoms with E-state index in [0.29, 0.717) is 0 Å². The van der Waals surface area contributed by atoms with E-state index in [4.69, 9.17) is 0 Å². The van der Waals surface area contributed by atoms with E-state index in [1.807, 2.05) is 0 Å². The number of hydrogen-bond donors (Lipinski definition) is 0. The zero-order chi connectivity index (χ0) is 10.7. The molecule has 2 atom stereocenters. The highest BCUT2D eigenvalue weighted by Gasteiger charge is 2.38. The third-order valence-corrected chi connectivity index (χ3v) is 4.15. The highest BCUT2D eigenvalue weighted by atomic mass is 15.3. The van der Waals surface area contributed by atoms with Gasteiger partial charge in [-0.3, -0.25) is 4.90 Å². The van der Waals surface area contributed by atoms with Crippen molar-refractivity contribution in [3.8, 4) is 0 Å². The van der Waals surface area contributed by atoms with E-state index in [-0.39, 0.29) is 0 Å². The maximum Gasteiger partial charge on any atom is 0.0227 e. The van der Waals surface area contributed by atoms with Gasteiger partial charge >= 0.3 is 0 Å². The molecule has 0 aliphatic carbocycles. The van der Waals surface area contributed by atoms with Crippen LogP contribution >= 0.6 is 0 Å². The van der Waals surface area contributed by atoms with Crippen LogP contribution < -0.4 is 0 Å². The normalized spacial score (nSPS) is 32.4. The second kappa shape index (κ2) is 5.31. The van der Waals surface area contributed by atoms with Crippen LogP contribution in [0.2, 0.25) is 0 Å². The molecule has 88 valence electrons. The molecule has 2 rings (SSSR count). The lowest BCUT2D eigenvalue weighted by molar-refractivity contribution is 0.0705. The van der Waals surface area contributed by atoms with E-state index in [9.17, 15) is 0 Å². The SMILES string of the molecule is CCCCCN1CC2CCC(C1)N2CC. The smallest absolute Gasteiger partial charge is 0.0227 e. The van der Waals surface area contributed by atoms with Crippen LogP contribution in [-0.2, 0) is 0 Å². The molecule has 0 aromatic carbocycles. The van der Waals surface area contributed by atoms with Gasteiger partial charge in [0.05, 0.1) is 0 Å². The maximum absolute atomic E-state index is 2.73. The van der Waals surface area contributed by atoms with E-state index >= 15 is 0 Å². The third-order valence-electron chi connectivity index (χ3n) is 4.15. The van der Waals surface area contributed by atoms with Gasteiger partial charge in [-0.25, -0.2) is 0 Å². The molecule has 0 radical (unpaired) electrons. The molecule has 15 heavy (non-hydrogen) atoms. The molecule has 0 spiro atoms. The lowest BCUT2D eigenvalue weighted by Gasteiger charge is -2.40. The van der Waals surface area contributed by atoms with Crippen LogP contribution in [0.25, 0.3) is 0 Å². The first-order valence-electron chi connectivity index (χ1n) is 6.83. The summed E-state index contributed by atoms with van der Waals surface area (Å²) in [6.45, 7) is 9.90. The molecule has 2 bridgehead atoms. The highest BCUT2D eigenvalue weighted by Crippen LogP contribution is 2.29. The van der Waals surface area contributed by atoms with E-state index in [2.05, 4.69) is 23.6 Å². The Morgan fingerprint density at radius 1 is 1.00 bits per heavy atom. The largest absolute Gasteiger partial charge is 0.300 e. The number of rotatable bonds is 5. The summed E-state index contributed by atoms with van der Waals surface area (Å²) in [4.78, 5) is 5.44. The fraction of sp³-hybridized carbons (Fsp3) is 1.00. The van der Waals surface area contributed by atoms with Gasteiger partial charge in [0, 0.05) is 25.2 Å². The predicted molar refractivity (Wildman–Crippen MR) is 65.2 cm³/mol. The lowest BCUT2D eigenvalue weighted by Crippen LogP contribution is -2.53. The number of fused-ring (bicyclic) bond motifs is 2. The van der Waals surface area contributed by atoms with Crippen LogP contribution in [0.5, 0.6) is 0 Å². The minimum atomic E-state index is 0.885. The Bertz CT molecular complexity index is 179. The van der Waals surface area contributed by atoms with Crippen LogP contribution in [0.1, 0.15) is 46.0 Å². The predicted octanol–water partition coefficient (Wildman–Crippen LogP) is 2.35. The summed E-state index contributed by atoms with van der Waals surface area (Å²) >= 11 is 0. The van der Waals surface area contributed by atoms with Crippen molar-refractivity contribution in [3.63, 3.8) is 0 Å². The number of unbranched alkanes of at least 4 members (excludes halogenated alkanes) is 2. The Hall–Kier alpha value is -0.0800. The molecule has 2 saturated heterocycles. The Morgan fingerprint density at radius 2 is 1.67 bits per heavy atom. The number of hydrogen-bond acceptors (Lipinski definition) is 2. The molecule has 2 aliphatic rings. The quantitative estimate of drug-likeness (QED) is 0.643. The summed E-state index contributed by atoms with van der Waals surface area (Å²) in [5.41, 5.74) is 0. The Morgan fingerprint density at radius 3 is 2.20 bits per heavy atom. The van der Waals surface area contributed by atoms with Crippen LogP contribution in [0.4, 0.5) is 0 Å². The molecule has 2 heteroatoms. The summed E-state index contributed by atoms with van der Waals surface area (Å²) in [6.07, 6.45) is 7.05. The summed E-state index contributed by atoms with van der Waals surface area (Å²) in [7, 11) is 0. The van der Waals surface area contributed by atoms with Gasteiger partial charge in [0.25, 0.3) is 0 Å².